The van der Waals surface area contributed by atoms with E-state index in [1.165, 1.54) is 0 Å². The first-order chi connectivity index (χ1) is 12.3. The molecule has 7 heteroatoms. The molecule has 7 nitrogen and oxygen atoms in total. The molecule has 3 aromatic heterocycles. The van der Waals surface area contributed by atoms with Gasteiger partial charge in [-0.3, -0.25) is 9.20 Å². The van der Waals surface area contributed by atoms with E-state index < -0.39 is 0 Å². The smallest absolute Gasteiger partial charge is 0.220 e. The first-order valence-electron chi connectivity index (χ1n) is 8.28. The summed E-state index contributed by atoms with van der Waals surface area (Å²) < 4.78 is 1.87. The molecule has 25 heavy (non-hydrogen) atoms. The second kappa shape index (κ2) is 6.72. The number of hydrogen-bond acceptors (Lipinski definition) is 4. The highest BCUT2D eigenvalue weighted by Gasteiger charge is 2.08. The number of nitrogens with zero attached hydrogens (tertiary/aromatic N) is 4. The van der Waals surface area contributed by atoms with Gasteiger partial charge in [-0.05, 0) is 30.7 Å². The summed E-state index contributed by atoms with van der Waals surface area (Å²) in [6.07, 6.45) is 3.83. The van der Waals surface area contributed by atoms with Crippen LogP contribution in [-0.4, -0.2) is 30.5 Å². The van der Waals surface area contributed by atoms with Crippen LogP contribution in [0.1, 0.15) is 24.5 Å². The number of aryl methyl sites for hydroxylation is 1. The van der Waals surface area contributed by atoms with E-state index in [4.69, 9.17) is 0 Å². The normalized spacial score (nSPS) is 11.2. The number of nitrogens with one attached hydrogen (secondary N) is 2. The van der Waals surface area contributed by atoms with Crippen molar-refractivity contribution in [2.75, 3.05) is 0 Å². The minimum absolute atomic E-state index is 0.00351. The van der Waals surface area contributed by atoms with Crippen molar-refractivity contribution in [3.63, 3.8) is 0 Å². The number of amides is 1. The van der Waals surface area contributed by atoms with Gasteiger partial charge < -0.3 is 10.3 Å². The maximum absolute atomic E-state index is 12.0. The summed E-state index contributed by atoms with van der Waals surface area (Å²) in [4.78, 5) is 19.8. The molecule has 1 amide bonds. The summed E-state index contributed by atoms with van der Waals surface area (Å²) in [6.45, 7) is 0.370. The molecule has 0 unspecified atom stereocenters. The summed E-state index contributed by atoms with van der Waals surface area (Å²) in [7, 11) is 0. The van der Waals surface area contributed by atoms with Crippen LogP contribution in [0.15, 0.2) is 48.7 Å². The van der Waals surface area contributed by atoms with Crippen molar-refractivity contribution in [1.29, 1.82) is 0 Å². The van der Waals surface area contributed by atoms with Gasteiger partial charge >= 0.3 is 0 Å². The molecule has 0 saturated carbocycles. The van der Waals surface area contributed by atoms with Crippen LogP contribution in [0, 0.1) is 0 Å². The van der Waals surface area contributed by atoms with Gasteiger partial charge in [-0.2, -0.15) is 0 Å². The van der Waals surface area contributed by atoms with E-state index in [0.717, 1.165) is 41.2 Å². The lowest BCUT2D eigenvalue weighted by molar-refractivity contribution is -0.121. The average molecular weight is 334 g/mol. The molecule has 0 aliphatic rings. The molecule has 0 aliphatic carbocycles. The van der Waals surface area contributed by atoms with Gasteiger partial charge in [0.25, 0.3) is 0 Å². The Bertz CT molecular complexity index is 985. The Hall–Kier alpha value is -3.22. The number of benzene rings is 1. The van der Waals surface area contributed by atoms with Gasteiger partial charge in [-0.25, -0.2) is 4.98 Å². The Balaban J connectivity index is 1.27. The third-order valence-electron chi connectivity index (χ3n) is 4.08. The lowest BCUT2D eigenvalue weighted by Gasteiger charge is -2.03. The number of carbonyl (C=O) groups is 1. The van der Waals surface area contributed by atoms with Gasteiger partial charge in [-0.15, -0.1) is 10.2 Å². The number of hydrogen-bond donors (Lipinski definition) is 2. The van der Waals surface area contributed by atoms with Gasteiger partial charge in [0.1, 0.15) is 5.82 Å². The van der Waals surface area contributed by atoms with Crippen LogP contribution >= 0.6 is 0 Å². The third-order valence-corrected chi connectivity index (χ3v) is 4.08. The van der Waals surface area contributed by atoms with Crippen LogP contribution in [0.5, 0.6) is 0 Å². The number of aromatic nitrogens is 5. The summed E-state index contributed by atoms with van der Waals surface area (Å²) in [5.41, 5.74) is 2.76. The molecule has 126 valence electrons. The highest BCUT2D eigenvalue weighted by molar-refractivity contribution is 5.76. The van der Waals surface area contributed by atoms with Gasteiger partial charge in [0, 0.05) is 19.0 Å². The highest BCUT2D eigenvalue weighted by Crippen LogP contribution is 2.12. The van der Waals surface area contributed by atoms with Crippen molar-refractivity contribution in [1.82, 2.24) is 29.9 Å². The number of H-pyrrole nitrogens is 1. The van der Waals surface area contributed by atoms with Gasteiger partial charge in [0.2, 0.25) is 5.91 Å². The molecule has 1 aromatic carbocycles. The van der Waals surface area contributed by atoms with Crippen LogP contribution in [-0.2, 0) is 17.8 Å². The molecule has 0 saturated heterocycles. The van der Waals surface area contributed by atoms with Crippen molar-refractivity contribution in [3.8, 4) is 0 Å². The Labute approximate surface area is 144 Å². The van der Waals surface area contributed by atoms with Crippen LogP contribution in [0.25, 0.3) is 16.7 Å². The lowest BCUT2D eigenvalue weighted by Crippen LogP contribution is -2.23. The van der Waals surface area contributed by atoms with Crippen LogP contribution in [0.2, 0.25) is 0 Å². The number of para-hydroxylation sites is 2. The summed E-state index contributed by atoms with van der Waals surface area (Å²) in [5, 5.41) is 11.1. The largest absolute Gasteiger partial charge is 0.349 e. The van der Waals surface area contributed by atoms with E-state index in [9.17, 15) is 4.79 Å². The fraction of sp³-hybridized carbons (Fsp3) is 0.222. The van der Waals surface area contributed by atoms with E-state index in [2.05, 4.69) is 25.5 Å². The van der Waals surface area contributed by atoms with E-state index >= 15 is 0 Å². The average Bonchev–Trinajstić information content (AvgIpc) is 3.23. The van der Waals surface area contributed by atoms with Gasteiger partial charge in [-0.1, -0.05) is 18.2 Å². The minimum atomic E-state index is 0.00351. The highest BCUT2D eigenvalue weighted by atomic mass is 16.1. The zero-order chi connectivity index (χ0) is 17.1. The summed E-state index contributed by atoms with van der Waals surface area (Å²) >= 11 is 0. The molecule has 0 fully saturated rings. The zero-order valence-corrected chi connectivity index (χ0v) is 13.6. The fourth-order valence-electron chi connectivity index (χ4n) is 2.82. The number of carbonyl (C=O) groups excluding carboxylic acids is 1. The molecule has 0 atom stereocenters. The number of fused-ring (bicyclic) bond motifs is 2. The second-order valence-electron chi connectivity index (χ2n) is 5.88. The topological polar surface area (TPSA) is 88.0 Å². The van der Waals surface area contributed by atoms with Crippen molar-refractivity contribution in [2.45, 2.75) is 25.8 Å². The maximum atomic E-state index is 12.0. The standard InChI is InChI=1S/C18H18N6O/c25-18(19-12-17-23-22-16-9-3-4-11-24(16)17)10-5-8-15-20-13-6-1-2-7-14(13)21-15/h1-4,6-7,9,11H,5,8,10,12H2,(H,19,25)(H,20,21). The van der Waals surface area contributed by atoms with Crippen LogP contribution in [0.3, 0.4) is 0 Å². The zero-order valence-electron chi connectivity index (χ0n) is 13.6. The molecule has 0 aliphatic heterocycles. The van der Waals surface area contributed by atoms with E-state index in [1.54, 1.807) is 0 Å². The van der Waals surface area contributed by atoms with Gasteiger partial charge in [0.15, 0.2) is 11.5 Å². The molecule has 0 spiro atoms. The molecule has 4 aromatic rings. The minimum Gasteiger partial charge on any atom is -0.349 e. The van der Waals surface area contributed by atoms with Crippen LogP contribution in [0.4, 0.5) is 0 Å². The SMILES string of the molecule is O=C(CCCc1nc2ccccc2[nH]1)NCc1nnc2ccccn12. The predicted molar refractivity (Wildman–Crippen MR) is 93.9 cm³/mol. The number of aromatic amines is 1. The maximum Gasteiger partial charge on any atom is 0.220 e. The van der Waals surface area contributed by atoms with Crippen molar-refractivity contribution < 1.29 is 4.79 Å². The first kappa shape index (κ1) is 15.3. The Morgan fingerprint density at radius 3 is 2.92 bits per heavy atom. The molecular weight excluding hydrogens is 316 g/mol. The molecule has 3 heterocycles. The Morgan fingerprint density at radius 1 is 1.12 bits per heavy atom. The third kappa shape index (κ3) is 3.35. The van der Waals surface area contributed by atoms with Crippen molar-refractivity contribution in [3.05, 3.63) is 60.3 Å². The van der Waals surface area contributed by atoms with Crippen molar-refractivity contribution >= 4 is 22.6 Å². The van der Waals surface area contributed by atoms with E-state index in [1.807, 2.05) is 53.1 Å². The Kier molecular flexibility index (Phi) is 4.12. The summed E-state index contributed by atoms with van der Waals surface area (Å²) in [6, 6.07) is 13.6. The summed E-state index contributed by atoms with van der Waals surface area (Å²) in [5.74, 6) is 1.64. The number of imidazole rings is 1. The monoisotopic (exact) mass is 334 g/mol. The molecule has 0 radical (unpaired) electrons. The number of pyridine rings is 1. The molecule has 0 bridgehead atoms. The molecule has 2 N–H and O–H groups in total. The predicted octanol–water partition coefficient (Wildman–Crippen LogP) is 2.24. The molecule has 4 rings (SSSR count). The van der Waals surface area contributed by atoms with E-state index in [0.29, 0.717) is 13.0 Å². The lowest BCUT2D eigenvalue weighted by atomic mass is 10.2. The second-order valence-corrected chi connectivity index (χ2v) is 5.88. The fourth-order valence-corrected chi connectivity index (χ4v) is 2.82. The van der Waals surface area contributed by atoms with E-state index in [-0.39, 0.29) is 5.91 Å². The quantitative estimate of drug-likeness (QED) is 0.566. The van der Waals surface area contributed by atoms with Crippen molar-refractivity contribution in [2.24, 2.45) is 0 Å². The molecular formula is C18H18N6O. The number of rotatable bonds is 6. The van der Waals surface area contributed by atoms with Gasteiger partial charge in [0.05, 0.1) is 17.6 Å². The first-order valence-corrected chi connectivity index (χ1v) is 8.28. The Morgan fingerprint density at radius 2 is 2.00 bits per heavy atom. The van der Waals surface area contributed by atoms with Crippen LogP contribution < -0.4 is 5.32 Å².